The van der Waals surface area contributed by atoms with E-state index in [1.54, 1.807) is 7.05 Å². The zero-order valence-corrected chi connectivity index (χ0v) is 8.12. The zero-order chi connectivity index (χ0) is 10.0. The van der Waals surface area contributed by atoms with E-state index in [-0.39, 0.29) is 5.91 Å². The molecule has 0 bridgehead atoms. The second kappa shape index (κ2) is 3.42. The third-order valence-electron chi connectivity index (χ3n) is 2.69. The lowest BCUT2D eigenvalue weighted by molar-refractivity contribution is -0.144. The van der Waals surface area contributed by atoms with Crippen LogP contribution in [-0.4, -0.2) is 26.2 Å². The van der Waals surface area contributed by atoms with Crippen molar-refractivity contribution in [1.29, 1.82) is 0 Å². The summed E-state index contributed by atoms with van der Waals surface area (Å²) in [5.74, 6) is 0.0370. The van der Waals surface area contributed by atoms with Crippen molar-refractivity contribution in [1.82, 2.24) is 5.32 Å². The first-order valence-electron chi connectivity index (χ1n) is 4.65. The molecule has 1 aromatic rings. The first-order valence-corrected chi connectivity index (χ1v) is 4.65. The zero-order valence-electron chi connectivity index (χ0n) is 8.12. The minimum absolute atomic E-state index is 0.0370. The molecule has 1 aliphatic rings. The number of likely N-dealkylation sites (N-methyl/N-ethyl adjacent to an activating group) is 1. The largest absolute Gasteiger partial charge is 0.378 e. The smallest absolute Gasteiger partial charge is 0.235 e. The van der Waals surface area contributed by atoms with Crippen LogP contribution in [0.1, 0.15) is 5.56 Å². The van der Waals surface area contributed by atoms with E-state index in [0.29, 0.717) is 13.2 Å². The average molecular weight is 191 g/mol. The second-order valence-corrected chi connectivity index (χ2v) is 3.52. The van der Waals surface area contributed by atoms with Crippen LogP contribution in [0.15, 0.2) is 30.3 Å². The van der Waals surface area contributed by atoms with Crippen LogP contribution in [0.3, 0.4) is 0 Å². The van der Waals surface area contributed by atoms with Crippen molar-refractivity contribution in [3.05, 3.63) is 35.9 Å². The highest BCUT2D eigenvalue weighted by Crippen LogP contribution is 2.32. The Hall–Kier alpha value is -1.35. The van der Waals surface area contributed by atoms with Crippen LogP contribution < -0.4 is 5.32 Å². The molecular weight excluding hydrogens is 178 g/mol. The molecule has 14 heavy (non-hydrogen) atoms. The van der Waals surface area contributed by atoms with Gasteiger partial charge < -0.3 is 10.1 Å². The van der Waals surface area contributed by atoms with Gasteiger partial charge in [-0.2, -0.15) is 0 Å². The third-order valence-corrected chi connectivity index (χ3v) is 2.69. The molecule has 74 valence electrons. The van der Waals surface area contributed by atoms with Crippen molar-refractivity contribution in [3.8, 4) is 0 Å². The fourth-order valence-corrected chi connectivity index (χ4v) is 1.73. The number of ether oxygens (including phenoxy) is 1. The Labute approximate surface area is 83.1 Å². The van der Waals surface area contributed by atoms with Crippen LogP contribution in [0.25, 0.3) is 0 Å². The highest BCUT2D eigenvalue weighted by molar-refractivity contribution is 5.89. The second-order valence-electron chi connectivity index (χ2n) is 3.52. The number of rotatable bonds is 2. The van der Waals surface area contributed by atoms with Gasteiger partial charge in [-0.25, -0.2) is 0 Å². The Kier molecular flexibility index (Phi) is 2.25. The van der Waals surface area contributed by atoms with Gasteiger partial charge in [0.05, 0.1) is 13.2 Å². The molecule has 0 spiro atoms. The molecule has 0 aromatic heterocycles. The van der Waals surface area contributed by atoms with E-state index in [1.165, 1.54) is 0 Å². The Morgan fingerprint density at radius 3 is 2.43 bits per heavy atom. The number of carbonyl (C=O) groups is 1. The molecule has 1 aliphatic heterocycles. The number of nitrogens with one attached hydrogen (secondary N) is 1. The Morgan fingerprint density at radius 2 is 2.00 bits per heavy atom. The summed E-state index contributed by atoms with van der Waals surface area (Å²) in [5.41, 5.74) is 0.585. The Morgan fingerprint density at radius 1 is 1.36 bits per heavy atom. The monoisotopic (exact) mass is 191 g/mol. The highest BCUT2D eigenvalue weighted by Gasteiger charge is 2.46. The minimum Gasteiger partial charge on any atom is -0.378 e. The summed E-state index contributed by atoms with van der Waals surface area (Å²) < 4.78 is 5.15. The van der Waals surface area contributed by atoms with Gasteiger partial charge in [-0.05, 0) is 5.56 Å². The first-order chi connectivity index (χ1) is 6.79. The Bertz CT molecular complexity index is 330. The molecule has 3 heteroatoms. The maximum Gasteiger partial charge on any atom is 0.235 e. The van der Waals surface area contributed by atoms with Crippen LogP contribution in [0.4, 0.5) is 0 Å². The Balaban J connectivity index is 2.34. The molecule has 1 heterocycles. The van der Waals surface area contributed by atoms with Gasteiger partial charge >= 0.3 is 0 Å². The number of hydrogen-bond donors (Lipinski definition) is 1. The van der Waals surface area contributed by atoms with Gasteiger partial charge in [-0.3, -0.25) is 4.79 Å². The average Bonchev–Trinajstić information content (AvgIpc) is 2.17. The van der Waals surface area contributed by atoms with Crippen molar-refractivity contribution in [3.63, 3.8) is 0 Å². The molecule has 1 N–H and O–H groups in total. The first kappa shape index (κ1) is 9.21. The van der Waals surface area contributed by atoms with Crippen LogP contribution in [0, 0.1) is 0 Å². The van der Waals surface area contributed by atoms with Gasteiger partial charge in [0.2, 0.25) is 5.91 Å². The molecule has 0 radical (unpaired) electrons. The van der Waals surface area contributed by atoms with E-state index in [9.17, 15) is 4.79 Å². The van der Waals surface area contributed by atoms with E-state index >= 15 is 0 Å². The van der Waals surface area contributed by atoms with Crippen molar-refractivity contribution in [2.45, 2.75) is 5.41 Å². The van der Waals surface area contributed by atoms with Crippen molar-refractivity contribution < 1.29 is 9.53 Å². The molecule has 1 amide bonds. The maximum absolute atomic E-state index is 11.7. The van der Waals surface area contributed by atoms with E-state index in [0.717, 1.165) is 5.56 Å². The number of benzene rings is 1. The fourth-order valence-electron chi connectivity index (χ4n) is 1.73. The number of hydrogen-bond acceptors (Lipinski definition) is 2. The number of carbonyl (C=O) groups excluding carboxylic acids is 1. The lowest BCUT2D eigenvalue weighted by atomic mass is 9.78. The van der Waals surface area contributed by atoms with Crippen LogP contribution in [0.2, 0.25) is 0 Å². The topological polar surface area (TPSA) is 38.3 Å². The summed E-state index contributed by atoms with van der Waals surface area (Å²) in [6.45, 7) is 0.966. The van der Waals surface area contributed by atoms with Crippen LogP contribution in [0.5, 0.6) is 0 Å². The molecule has 0 atom stereocenters. The predicted molar refractivity (Wildman–Crippen MR) is 53.0 cm³/mol. The molecule has 1 aromatic carbocycles. The van der Waals surface area contributed by atoms with Gasteiger partial charge in [-0.1, -0.05) is 30.3 Å². The molecule has 1 fully saturated rings. The predicted octanol–water partition coefficient (Wildman–Crippen LogP) is 0.701. The summed E-state index contributed by atoms with van der Waals surface area (Å²) >= 11 is 0. The van der Waals surface area contributed by atoms with Crippen molar-refractivity contribution in [2.24, 2.45) is 0 Å². The lowest BCUT2D eigenvalue weighted by Gasteiger charge is -2.39. The quantitative estimate of drug-likeness (QED) is 0.747. The summed E-state index contributed by atoms with van der Waals surface area (Å²) in [6, 6.07) is 9.77. The summed E-state index contributed by atoms with van der Waals surface area (Å²) in [4.78, 5) is 11.7. The molecule has 0 aliphatic carbocycles. The van der Waals surface area contributed by atoms with Crippen molar-refractivity contribution >= 4 is 5.91 Å². The maximum atomic E-state index is 11.7. The van der Waals surface area contributed by atoms with Gasteiger partial charge in [0.25, 0.3) is 0 Å². The summed E-state index contributed by atoms with van der Waals surface area (Å²) in [6.07, 6.45) is 0. The molecular formula is C11H13NO2. The SMILES string of the molecule is CNC(=O)C1(c2ccccc2)COC1. The molecule has 2 rings (SSSR count). The van der Waals surface area contributed by atoms with Crippen LogP contribution in [-0.2, 0) is 14.9 Å². The van der Waals surface area contributed by atoms with Crippen LogP contribution >= 0.6 is 0 Å². The minimum atomic E-state index is -0.448. The van der Waals surface area contributed by atoms with Gasteiger partial charge in [-0.15, -0.1) is 0 Å². The van der Waals surface area contributed by atoms with Crippen molar-refractivity contribution in [2.75, 3.05) is 20.3 Å². The third kappa shape index (κ3) is 1.21. The van der Waals surface area contributed by atoms with E-state index in [2.05, 4.69) is 5.32 Å². The van der Waals surface area contributed by atoms with Gasteiger partial charge in [0.15, 0.2) is 0 Å². The van der Waals surface area contributed by atoms with Gasteiger partial charge in [0.1, 0.15) is 5.41 Å². The fraction of sp³-hybridized carbons (Fsp3) is 0.364. The lowest BCUT2D eigenvalue weighted by Crippen LogP contribution is -2.56. The van der Waals surface area contributed by atoms with E-state index in [4.69, 9.17) is 4.74 Å². The molecule has 0 saturated carbocycles. The summed E-state index contributed by atoms with van der Waals surface area (Å²) in [7, 11) is 1.66. The van der Waals surface area contributed by atoms with Gasteiger partial charge in [0, 0.05) is 7.05 Å². The normalized spacial score (nSPS) is 18.4. The van der Waals surface area contributed by atoms with E-state index in [1.807, 2.05) is 30.3 Å². The highest BCUT2D eigenvalue weighted by atomic mass is 16.5. The standard InChI is InChI=1S/C11H13NO2/c1-12-10(13)11(7-14-8-11)9-5-3-2-4-6-9/h2-6H,7-8H2,1H3,(H,12,13). The molecule has 3 nitrogen and oxygen atoms in total. The summed E-state index contributed by atoms with van der Waals surface area (Å²) in [5, 5.41) is 2.69. The molecule has 0 unspecified atom stereocenters. The number of amides is 1. The molecule has 1 saturated heterocycles. The van der Waals surface area contributed by atoms with E-state index < -0.39 is 5.41 Å².